The molecule has 0 aromatic heterocycles. The van der Waals surface area contributed by atoms with Crippen LogP contribution in [0.5, 0.6) is 17.2 Å². The summed E-state index contributed by atoms with van der Waals surface area (Å²) < 4.78 is 16.6. The van der Waals surface area contributed by atoms with Gasteiger partial charge in [-0.3, -0.25) is 9.59 Å². The molecular formula is C27H27N3O5. The second kappa shape index (κ2) is 13.2. The van der Waals surface area contributed by atoms with Crippen molar-refractivity contribution in [1.29, 1.82) is 0 Å². The highest BCUT2D eigenvalue weighted by Gasteiger charge is 2.11. The van der Waals surface area contributed by atoms with Crippen molar-refractivity contribution in [3.63, 3.8) is 0 Å². The zero-order chi connectivity index (χ0) is 24.9. The van der Waals surface area contributed by atoms with E-state index in [0.717, 1.165) is 5.56 Å². The van der Waals surface area contributed by atoms with E-state index >= 15 is 0 Å². The number of nitrogens with zero attached hydrogens (tertiary/aromatic N) is 1. The minimum atomic E-state index is -0.387. The number of benzene rings is 3. The second-order valence-corrected chi connectivity index (χ2v) is 7.17. The number of hydrogen-bond donors (Lipinski definition) is 2. The first-order chi connectivity index (χ1) is 17.1. The molecule has 180 valence electrons. The fourth-order valence-corrected chi connectivity index (χ4v) is 2.93. The molecule has 0 heterocycles. The molecule has 0 fully saturated rings. The quantitative estimate of drug-likeness (QED) is 0.230. The summed E-state index contributed by atoms with van der Waals surface area (Å²) in [5, 5.41) is 6.76. The Labute approximate surface area is 204 Å². The van der Waals surface area contributed by atoms with E-state index in [1.54, 1.807) is 60.7 Å². The molecule has 0 aliphatic carbocycles. The summed E-state index contributed by atoms with van der Waals surface area (Å²) in [7, 11) is 0. The van der Waals surface area contributed by atoms with Gasteiger partial charge in [-0.1, -0.05) is 30.9 Å². The Hall–Kier alpha value is -4.59. The number of hydrogen-bond acceptors (Lipinski definition) is 6. The zero-order valence-corrected chi connectivity index (χ0v) is 19.4. The normalized spacial score (nSPS) is 10.4. The topological polar surface area (TPSA) is 98.3 Å². The van der Waals surface area contributed by atoms with E-state index in [2.05, 4.69) is 22.4 Å². The Morgan fingerprint density at radius 3 is 2.43 bits per heavy atom. The van der Waals surface area contributed by atoms with E-state index in [1.807, 2.05) is 25.1 Å². The summed E-state index contributed by atoms with van der Waals surface area (Å²) in [6, 6.07) is 21.0. The molecule has 0 aliphatic rings. The van der Waals surface area contributed by atoms with Gasteiger partial charge in [-0.05, 0) is 67.1 Å². The maximum Gasteiger partial charge on any atom is 0.271 e. The van der Waals surface area contributed by atoms with Crippen LogP contribution in [-0.2, 0) is 4.79 Å². The molecule has 8 nitrogen and oxygen atoms in total. The van der Waals surface area contributed by atoms with E-state index in [9.17, 15) is 9.59 Å². The molecule has 3 aromatic carbocycles. The minimum absolute atomic E-state index is 0.112. The SMILES string of the molecule is C=CCOc1ccc(C(=O)N/N=C/c2ccc(OCC(=O)Nc3ccccc3)cc2)cc1OCC. The third kappa shape index (κ3) is 8.04. The van der Waals surface area contributed by atoms with Crippen molar-refractivity contribution in [1.82, 2.24) is 5.43 Å². The number of hydrazone groups is 1. The van der Waals surface area contributed by atoms with Crippen LogP contribution in [0.2, 0.25) is 0 Å². The maximum atomic E-state index is 12.5. The van der Waals surface area contributed by atoms with Gasteiger partial charge in [-0.2, -0.15) is 5.10 Å². The van der Waals surface area contributed by atoms with Crippen molar-refractivity contribution in [2.75, 3.05) is 25.1 Å². The first-order valence-corrected chi connectivity index (χ1v) is 11.0. The monoisotopic (exact) mass is 473 g/mol. The third-order valence-corrected chi connectivity index (χ3v) is 4.55. The van der Waals surface area contributed by atoms with Gasteiger partial charge in [0.2, 0.25) is 0 Å². The number of rotatable bonds is 12. The Kier molecular flexibility index (Phi) is 9.44. The fraction of sp³-hybridized carbons (Fsp3) is 0.148. The molecule has 2 N–H and O–H groups in total. The van der Waals surface area contributed by atoms with E-state index in [-0.39, 0.29) is 18.4 Å². The molecule has 3 rings (SSSR count). The molecule has 0 saturated carbocycles. The number of para-hydroxylation sites is 1. The van der Waals surface area contributed by atoms with Crippen molar-refractivity contribution in [3.05, 3.63) is 96.6 Å². The van der Waals surface area contributed by atoms with Gasteiger partial charge < -0.3 is 19.5 Å². The summed E-state index contributed by atoms with van der Waals surface area (Å²) in [6.07, 6.45) is 3.14. The van der Waals surface area contributed by atoms with Crippen LogP contribution in [-0.4, -0.2) is 37.8 Å². The average molecular weight is 474 g/mol. The maximum absolute atomic E-state index is 12.5. The smallest absolute Gasteiger partial charge is 0.271 e. The number of nitrogens with one attached hydrogen (secondary N) is 2. The third-order valence-electron chi connectivity index (χ3n) is 4.55. The van der Waals surface area contributed by atoms with Gasteiger partial charge in [0.25, 0.3) is 11.8 Å². The molecule has 0 atom stereocenters. The van der Waals surface area contributed by atoms with Crippen LogP contribution in [0.4, 0.5) is 5.69 Å². The molecule has 0 unspecified atom stereocenters. The number of anilines is 1. The highest BCUT2D eigenvalue weighted by molar-refractivity contribution is 5.95. The Morgan fingerprint density at radius 2 is 1.71 bits per heavy atom. The van der Waals surface area contributed by atoms with E-state index in [0.29, 0.717) is 41.7 Å². The first-order valence-electron chi connectivity index (χ1n) is 11.0. The lowest BCUT2D eigenvalue weighted by Gasteiger charge is -2.12. The predicted molar refractivity (Wildman–Crippen MR) is 135 cm³/mol. The second-order valence-electron chi connectivity index (χ2n) is 7.17. The standard InChI is InChI=1S/C27H27N3O5/c1-3-16-34-24-15-12-21(17-25(24)33-4-2)27(32)30-28-18-20-10-13-23(14-11-20)35-19-26(31)29-22-8-6-5-7-9-22/h3,5-15,17-18H,1,4,16,19H2,2H3,(H,29,31)(H,30,32)/b28-18+. The van der Waals surface area contributed by atoms with Gasteiger partial charge in [-0.25, -0.2) is 5.43 Å². The molecule has 0 saturated heterocycles. The van der Waals surface area contributed by atoms with Crippen LogP contribution in [0.25, 0.3) is 0 Å². The lowest BCUT2D eigenvalue weighted by Crippen LogP contribution is -2.20. The lowest BCUT2D eigenvalue weighted by molar-refractivity contribution is -0.118. The summed E-state index contributed by atoms with van der Waals surface area (Å²) in [5.74, 6) is 0.904. The van der Waals surface area contributed by atoms with Crippen LogP contribution in [0.15, 0.2) is 90.6 Å². The molecule has 0 bridgehead atoms. The predicted octanol–water partition coefficient (Wildman–Crippen LogP) is 4.43. The van der Waals surface area contributed by atoms with Crippen LogP contribution in [0.3, 0.4) is 0 Å². The molecule has 3 aromatic rings. The minimum Gasteiger partial charge on any atom is -0.490 e. The highest BCUT2D eigenvalue weighted by Crippen LogP contribution is 2.28. The zero-order valence-electron chi connectivity index (χ0n) is 19.4. The van der Waals surface area contributed by atoms with Gasteiger partial charge in [0, 0.05) is 11.3 Å². The average Bonchev–Trinajstić information content (AvgIpc) is 2.88. The summed E-state index contributed by atoms with van der Waals surface area (Å²) in [6.45, 7) is 6.13. The highest BCUT2D eigenvalue weighted by atomic mass is 16.5. The number of amides is 2. The number of carbonyl (C=O) groups is 2. The molecule has 0 spiro atoms. The van der Waals surface area contributed by atoms with Crippen molar-refractivity contribution in [3.8, 4) is 17.2 Å². The molecule has 0 radical (unpaired) electrons. The van der Waals surface area contributed by atoms with Crippen molar-refractivity contribution >= 4 is 23.7 Å². The Morgan fingerprint density at radius 1 is 0.943 bits per heavy atom. The van der Waals surface area contributed by atoms with Gasteiger partial charge in [0.05, 0.1) is 12.8 Å². The van der Waals surface area contributed by atoms with E-state index in [4.69, 9.17) is 14.2 Å². The van der Waals surface area contributed by atoms with Gasteiger partial charge in [-0.15, -0.1) is 0 Å². The lowest BCUT2D eigenvalue weighted by atomic mass is 10.2. The van der Waals surface area contributed by atoms with Crippen molar-refractivity contribution in [2.24, 2.45) is 5.10 Å². The first kappa shape index (κ1) is 25.0. The van der Waals surface area contributed by atoms with Gasteiger partial charge >= 0.3 is 0 Å². The van der Waals surface area contributed by atoms with Crippen LogP contribution in [0, 0.1) is 0 Å². The molecule has 0 aliphatic heterocycles. The Balaban J connectivity index is 1.50. The van der Waals surface area contributed by atoms with Crippen LogP contribution >= 0.6 is 0 Å². The fourth-order valence-electron chi connectivity index (χ4n) is 2.93. The van der Waals surface area contributed by atoms with E-state index in [1.165, 1.54) is 6.21 Å². The number of carbonyl (C=O) groups excluding carboxylic acids is 2. The number of ether oxygens (including phenoxy) is 3. The van der Waals surface area contributed by atoms with Gasteiger partial charge in [0.15, 0.2) is 18.1 Å². The van der Waals surface area contributed by atoms with Crippen molar-refractivity contribution < 1.29 is 23.8 Å². The summed E-state index contributed by atoms with van der Waals surface area (Å²) >= 11 is 0. The molecule has 8 heteroatoms. The van der Waals surface area contributed by atoms with E-state index < -0.39 is 0 Å². The van der Waals surface area contributed by atoms with Gasteiger partial charge in [0.1, 0.15) is 12.4 Å². The largest absolute Gasteiger partial charge is 0.490 e. The Bertz CT molecular complexity index is 1160. The van der Waals surface area contributed by atoms with Crippen LogP contribution < -0.4 is 25.0 Å². The summed E-state index contributed by atoms with van der Waals surface area (Å²) in [5.41, 5.74) is 4.33. The van der Waals surface area contributed by atoms with Crippen LogP contribution in [0.1, 0.15) is 22.8 Å². The molecule has 35 heavy (non-hydrogen) atoms. The molecule has 2 amide bonds. The molecular weight excluding hydrogens is 446 g/mol. The van der Waals surface area contributed by atoms with Crippen molar-refractivity contribution in [2.45, 2.75) is 6.92 Å². The summed E-state index contributed by atoms with van der Waals surface area (Å²) in [4.78, 5) is 24.4.